The summed E-state index contributed by atoms with van der Waals surface area (Å²) >= 11 is 4.88. The van der Waals surface area contributed by atoms with Crippen molar-refractivity contribution in [2.45, 2.75) is 40.2 Å². The normalized spacial score (nSPS) is 11.9. The van der Waals surface area contributed by atoms with E-state index in [9.17, 15) is 4.79 Å². The van der Waals surface area contributed by atoms with Crippen LogP contribution in [0.3, 0.4) is 0 Å². The van der Waals surface area contributed by atoms with E-state index in [4.69, 9.17) is 22.7 Å². The molecule has 0 amide bonds. The zero-order chi connectivity index (χ0) is 13.6. The summed E-state index contributed by atoms with van der Waals surface area (Å²) < 4.78 is 4.81. The highest BCUT2D eigenvalue weighted by atomic mass is 32.1. The molecule has 0 heterocycles. The lowest BCUT2D eigenvalue weighted by Crippen LogP contribution is -2.44. The monoisotopic (exact) mass is 260 g/mol. The van der Waals surface area contributed by atoms with Crippen molar-refractivity contribution in [3.63, 3.8) is 0 Å². The third kappa shape index (κ3) is 5.98. The summed E-state index contributed by atoms with van der Waals surface area (Å²) in [6.07, 6.45) is 0.671. The van der Waals surface area contributed by atoms with Gasteiger partial charge in [-0.15, -0.1) is 0 Å². The largest absolute Gasteiger partial charge is 0.469 e. The number of carbonyl (C=O) groups excluding carboxylic acids is 1. The Morgan fingerprint density at radius 3 is 2.35 bits per heavy atom. The zero-order valence-corrected chi connectivity index (χ0v) is 12.3. The molecule has 0 aromatic heterocycles. The molecule has 4 nitrogen and oxygen atoms in total. The second kappa shape index (κ2) is 6.91. The zero-order valence-electron chi connectivity index (χ0n) is 11.4. The van der Waals surface area contributed by atoms with Gasteiger partial charge in [0, 0.05) is 25.6 Å². The SMILES string of the molecule is COC(=O)C(C)(C)CN(CCC(N)=S)C(C)C. The molecule has 0 rings (SSSR count). The van der Waals surface area contributed by atoms with E-state index < -0.39 is 5.41 Å². The molecule has 0 saturated carbocycles. The number of nitrogens with two attached hydrogens (primary N) is 1. The first kappa shape index (κ1) is 16.3. The minimum absolute atomic E-state index is 0.196. The Morgan fingerprint density at radius 2 is 2.00 bits per heavy atom. The van der Waals surface area contributed by atoms with Crippen LogP contribution in [-0.4, -0.2) is 42.1 Å². The molecular formula is C12H24N2O2S. The highest BCUT2D eigenvalue weighted by Crippen LogP contribution is 2.20. The van der Waals surface area contributed by atoms with Crippen molar-refractivity contribution in [2.75, 3.05) is 20.2 Å². The van der Waals surface area contributed by atoms with Gasteiger partial charge in [-0.1, -0.05) is 12.2 Å². The second-order valence-corrected chi connectivity index (χ2v) is 5.68. The van der Waals surface area contributed by atoms with Crippen molar-refractivity contribution in [3.8, 4) is 0 Å². The lowest BCUT2D eigenvalue weighted by atomic mass is 9.92. The van der Waals surface area contributed by atoms with E-state index in [1.54, 1.807) is 0 Å². The third-order valence-corrected chi connectivity index (χ3v) is 2.92. The first-order chi connectivity index (χ1) is 7.70. The number of hydrogen-bond donors (Lipinski definition) is 1. The van der Waals surface area contributed by atoms with Gasteiger partial charge in [0.25, 0.3) is 0 Å². The summed E-state index contributed by atoms with van der Waals surface area (Å²) in [7, 11) is 1.42. The standard InChI is InChI=1S/C12H24N2O2S/c1-9(2)14(7-6-10(13)17)8-12(3,4)11(15)16-5/h9H,6-8H2,1-5H3,(H2,13,17). The van der Waals surface area contributed by atoms with Crippen LogP contribution in [-0.2, 0) is 9.53 Å². The summed E-state index contributed by atoms with van der Waals surface area (Å²) in [4.78, 5) is 14.3. The third-order valence-electron chi connectivity index (χ3n) is 2.71. The van der Waals surface area contributed by atoms with Gasteiger partial charge in [0.2, 0.25) is 0 Å². The number of methoxy groups -OCH3 is 1. The van der Waals surface area contributed by atoms with Crippen LogP contribution in [0.1, 0.15) is 34.1 Å². The lowest BCUT2D eigenvalue weighted by Gasteiger charge is -2.33. The summed E-state index contributed by atoms with van der Waals surface area (Å²) in [6.45, 7) is 9.36. The molecule has 0 spiro atoms. The number of carbonyl (C=O) groups is 1. The van der Waals surface area contributed by atoms with E-state index in [0.29, 0.717) is 24.0 Å². The Kier molecular flexibility index (Phi) is 6.64. The van der Waals surface area contributed by atoms with Gasteiger partial charge in [0.15, 0.2) is 0 Å². The Morgan fingerprint density at radius 1 is 1.47 bits per heavy atom. The van der Waals surface area contributed by atoms with Crippen molar-refractivity contribution in [3.05, 3.63) is 0 Å². The molecule has 0 fully saturated rings. The van der Waals surface area contributed by atoms with E-state index in [1.807, 2.05) is 13.8 Å². The summed E-state index contributed by atoms with van der Waals surface area (Å²) in [5, 5.41) is 0. The highest BCUT2D eigenvalue weighted by molar-refractivity contribution is 7.80. The summed E-state index contributed by atoms with van der Waals surface area (Å²) in [6, 6.07) is 0.341. The summed E-state index contributed by atoms with van der Waals surface area (Å²) in [5.41, 5.74) is 4.99. The molecule has 100 valence electrons. The second-order valence-electron chi connectivity index (χ2n) is 5.16. The molecule has 0 radical (unpaired) electrons. The van der Waals surface area contributed by atoms with Crippen molar-refractivity contribution in [1.82, 2.24) is 4.90 Å². The van der Waals surface area contributed by atoms with E-state index in [1.165, 1.54) is 7.11 Å². The van der Waals surface area contributed by atoms with Crippen molar-refractivity contribution in [1.29, 1.82) is 0 Å². The fourth-order valence-electron chi connectivity index (χ4n) is 1.62. The number of nitrogens with zero attached hydrogens (tertiary/aromatic N) is 1. The Labute approximate surface area is 109 Å². The predicted molar refractivity (Wildman–Crippen MR) is 73.9 cm³/mol. The molecule has 0 bridgehead atoms. The van der Waals surface area contributed by atoms with Crippen LogP contribution >= 0.6 is 12.2 Å². The maximum atomic E-state index is 11.6. The molecule has 0 saturated heterocycles. The maximum absolute atomic E-state index is 11.6. The van der Waals surface area contributed by atoms with Crippen LogP contribution in [0.2, 0.25) is 0 Å². The molecule has 0 aromatic carbocycles. The molecule has 0 aliphatic rings. The number of esters is 1. The Bertz CT molecular complexity index is 278. The fraction of sp³-hybridized carbons (Fsp3) is 0.833. The van der Waals surface area contributed by atoms with Crippen LogP contribution < -0.4 is 5.73 Å². The predicted octanol–water partition coefficient (Wildman–Crippen LogP) is 1.57. The first-order valence-electron chi connectivity index (χ1n) is 5.81. The topological polar surface area (TPSA) is 55.6 Å². The van der Waals surface area contributed by atoms with Gasteiger partial charge in [0.1, 0.15) is 0 Å². The first-order valence-corrected chi connectivity index (χ1v) is 6.22. The average molecular weight is 260 g/mol. The average Bonchev–Trinajstić information content (AvgIpc) is 2.22. The quantitative estimate of drug-likeness (QED) is 0.556. The van der Waals surface area contributed by atoms with Crippen molar-refractivity contribution >= 4 is 23.2 Å². The van der Waals surface area contributed by atoms with Gasteiger partial charge in [-0.3, -0.25) is 9.69 Å². The highest BCUT2D eigenvalue weighted by Gasteiger charge is 2.31. The van der Waals surface area contributed by atoms with E-state index in [-0.39, 0.29) is 5.97 Å². The smallest absolute Gasteiger partial charge is 0.312 e. The van der Waals surface area contributed by atoms with Gasteiger partial charge >= 0.3 is 5.97 Å². The fourth-order valence-corrected chi connectivity index (χ4v) is 1.71. The Balaban J connectivity index is 4.53. The molecule has 5 heteroatoms. The van der Waals surface area contributed by atoms with Crippen LogP contribution in [0.5, 0.6) is 0 Å². The minimum atomic E-state index is -0.519. The lowest BCUT2D eigenvalue weighted by molar-refractivity contribution is -0.152. The molecule has 0 unspecified atom stereocenters. The molecule has 0 atom stereocenters. The summed E-state index contributed by atoms with van der Waals surface area (Å²) in [5.74, 6) is -0.196. The van der Waals surface area contributed by atoms with Crippen molar-refractivity contribution < 1.29 is 9.53 Å². The molecule has 17 heavy (non-hydrogen) atoms. The Hall–Kier alpha value is -0.680. The van der Waals surface area contributed by atoms with Crippen LogP contribution in [0, 0.1) is 5.41 Å². The van der Waals surface area contributed by atoms with E-state index >= 15 is 0 Å². The van der Waals surface area contributed by atoms with Gasteiger partial charge in [0.05, 0.1) is 17.5 Å². The van der Waals surface area contributed by atoms with Crippen LogP contribution in [0.4, 0.5) is 0 Å². The number of hydrogen-bond acceptors (Lipinski definition) is 4. The molecule has 0 aromatic rings. The molecular weight excluding hydrogens is 236 g/mol. The number of ether oxygens (including phenoxy) is 1. The van der Waals surface area contributed by atoms with E-state index in [0.717, 1.165) is 6.54 Å². The van der Waals surface area contributed by atoms with Gasteiger partial charge in [-0.25, -0.2) is 0 Å². The van der Waals surface area contributed by atoms with Gasteiger partial charge < -0.3 is 10.5 Å². The number of rotatable bonds is 7. The number of thiocarbonyl (C=S) groups is 1. The molecule has 2 N–H and O–H groups in total. The van der Waals surface area contributed by atoms with Crippen LogP contribution in [0.25, 0.3) is 0 Å². The maximum Gasteiger partial charge on any atom is 0.312 e. The van der Waals surface area contributed by atoms with Gasteiger partial charge in [-0.05, 0) is 27.7 Å². The van der Waals surface area contributed by atoms with Crippen LogP contribution in [0.15, 0.2) is 0 Å². The molecule has 0 aliphatic heterocycles. The van der Waals surface area contributed by atoms with E-state index in [2.05, 4.69) is 18.7 Å². The molecule has 0 aliphatic carbocycles. The minimum Gasteiger partial charge on any atom is -0.469 e. The van der Waals surface area contributed by atoms with Crippen molar-refractivity contribution in [2.24, 2.45) is 11.1 Å². The van der Waals surface area contributed by atoms with Gasteiger partial charge in [-0.2, -0.15) is 0 Å².